The van der Waals surface area contributed by atoms with E-state index in [-0.39, 0.29) is 5.91 Å². The van der Waals surface area contributed by atoms with Crippen molar-refractivity contribution in [3.8, 4) is 17.2 Å². The summed E-state index contributed by atoms with van der Waals surface area (Å²) in [6.07, 6.45) is 0.509. The average molecular weight is 526 g/mol. The van der Waals surface area contributed by atoms with Gasteiger partial charge in [-0.2, -0.15) is 5.26 Å². The first-order valence-corrected chi connectivity index (χ1v) is 12.7. The Kier molecular flexibility index (Phi) is 9.38. The Hall–Kier alpha value is -3.14. The number of hydrogen-bond acceptors (Lipinski definition) is 9. The number of thiol groups is 1. The zero-order chi connectivity index (χ0) is 26.2. The molecule has 11 heteroatoms. The van der Waals surface area contributed by atoms with Gasteiger partial charge in [-0.25, -0.2) is 4.79 Å². The topological polar surface area (TPSA) is 136 Å². The largest absolute Gasteiger partial charge is 0.420 e. The van der Waals surface area contributed by atoms with Crippen LogP contribution >= 0.6 is 12.8 Å². The molecule has 3 N–H and O–H groups in total. The summed E-state index contributed by atoms with van der Waals surface area (Å²) in [7, 11) is 0. The van der Waals surface area contributed by atoms with Gasteiger partial charge in [0.1, 0.15) is 12.1 Å². The standard InChI is InChI=1S/C26H31N5O5S/c27-8-12-34-13-10-30-22-15-20(6-7-23(22)36-26(30)33)19-4-2-18(3-5-19)14-21(16-28)31(37)25(32)24-17-29-9-1-11-35-24/h2-7,15,21,24,29,37H,1,8-14,17,27H2/t21-,24-/m0/s1. The maximum Gasteiger partial charge on any atom is 0.420 e. The van der Waals surface area contributed by atoms with Crippen molar-refractivity contribution in [3.63, 3.8) is 0 Å². The summed E-state index contributed by atoms with van der Waals surface area (Å²) in [5.74, 6) is -0.758. The minimum atomic E-state index is -0.744. The number of oxazole rings is 1. The van der Waals surface area contributed by atoms with E-state index in [0.717, 1.165) is 29.7 Å². The highest BCUT2D eigenvalue weighted by Crippen LogP contribution is 2.25. The number of nitrogens with two attached hydrogens (primary N) is 1. The van der Waals surface area contributed by atoms with Gasteiger partial charge in [0.25, 0.3) is 5.91 Å². The van der Waals surface area contributed by atoms with Gasteiger partial charge < -0.3 is 24.9 Å². The quantitative estimate of drug-likeness (QED) is 0.269. The smallest absolute Gasteiger partial charge is 0.408 e. The van der Waals surface area contributed by atoms with Crippen LogP contribution in [0.15, 0.2) is 51.7 Å². The first-order valence-electron chi connectivity index (χ1n) is 12.3. The van der Waals surface area contributed by atoms with Crippen LogP contribution < -0.4 is 16.8 Å². The molecule has 0 saturated carbocycles. The van der Waals surface area contributed by atoms with Crippen LogP contribution in [0.3, 0.4) is 0 Å². The summed E-state index contributed by atoms with van der Waals surface area (Å²) < 4.78 is 19.1. The Labute approximate surface area is 220 Å². The summed E-state index contributed by atoms with van der Waals surface area (Å²) in [5.41, 5.74) is 9.38. The molecule has 3 aromatic rings. The fraction of sp³-hybridized carbons (Fsp3) is 0.423. The fourth-order valence-electron chi connectivity index (χ4n) is 4.21. The molecule has 0 unspecified atom stereocenters. The molecule has 0 aliphatic carbocycles. The second kappa shape index (κ2) is 12.9. The third-order valence-electron chi connectivity index (χ3n) is 6.20. The monoisotopic (exact) mass is 525 g/mol. The fourth-order valence-corrected chi connectivity index (χ4v) is 4.47. The number of benzene rings is 2. The Bertz CT molecular complexity index is 1290. The number of ether oxygens (including phenoxy) is 2. The molecule has 4 rings (SSSR count). The molecule has 1 fully saturated rings. The summed E-state index contributed by atoms with van der Waals surface area (Å²) in [4.78, 5) is 25.1. The molecule has 2 atom stereocenters. The molecule has 0 radical (unpaired) electrons. The molecule has 1 aliphatic rings. The van der Waals surface area contributed by atoms with Gasteiger partial charge in [-0.15, -0.1) is 0 Å². The Morgan fingerprint density at radius 2 is 2.05 bits per heavy atom. The highest BCUT2D eigenvalue weighted by molar-refractivity contribution is 7.78. The number of nitrogens with one attached hydrogen (secondary N) is 1. The van der Waals surface area contributed by atoms with E-state index in [4.69, 9.17) is 19.6 Å². The van der Waals surface area contributed by atoms with Gasteiger partial charge in [-0.3, -0.25) is 13.7 Å². The maximum absolute atomic E-state index is 12.8. The van der Waals surface area contributed by atoms with E-state index >= 15 is 0 Å². The SMILES string of the molecule is N#C[C@H](Cc1ccc(-c2ccc3oc(=O)n(CCOCCN)c3c2)cc1)N(S)C(=O)[C@@H]1CNCCCO1. The van der Waals surface area contributed by atoms with E-state index in [9.17, 15) is 14.9 Å². The van der Waals surface area contributed by atoms with Crippen LogP contribution in [-0.4, -0.2) is 66.4 Å². The van der Waals surface area contributed by atoms with Crippen LogP contribution in [0.1, 0.15) is 12.0 Å². The van der Waals surface area contributed by atoms with Crippen molar-refractivity contribution in [2.75, 3.05) is 39.5 Å². The third kappa shape index (κ3) is 6.60. The number of nitrogens with zero attached hydrogens (tertiary/aromatic N) is 3. The van der Waals surface area contributed by atoms with Crippen molar-refractivity contribution in [1.82, 2.24) is 14.2 Å². The van der Waals surface area contributed by atoms with Gasteiger partial charge in [0, 0.05) is 26.1 Å². The second-order valence-corrected chi connectivity index (χ2v) is 9.18. The molecule has 1 aliphatic heterocycles. The second-order valence-electron chi connectivity index (χ2n) is 8.75. The van der Waals surface area contributed by atoms with Gasteiger partial charge >= 0.3 is 5.76 Å². The molecule has 10 nitrogen and oxygen atoms in total. The number of hydrogen-bond donors (Lipinski definition) is 3. The number of fused-ring (bicyclic) bond motifs is 1. The van der Waals surface area contributed by atoms with E-state index < -0.39 is 17.9 Å². The van der Waals surface area contributed by atoms with E-state index in [1.165, 1.54) is 4.31 Å². The molecule has 1 saturated heterocycles. The molecular weight excluding hydrogens is 494 g/mol. The first kappa shape index (κ1) is 26.9. The molecule has 1 aromatic heterocycles. The third-order valence-corrected chi connectivity index (χ3v) is 6.67. The Balaban J connectivity index is 1.45. The zero-order valence-electron chi connectivity index (χ0n) is 20.5. The van der Waals surface area contributed by atoms with Crippen LogP contribution in [0.25, 0.3) is 22.2 Å². The molecule has 0 spiro atoms. The minimum Gasteiger partial charge on any atom is -0.408 e. The predicted octanol–water partition coefficient (Wildman–Crippen LogP) is 1.72. The van der Waals surface area contributed by atoms with E-state index in [1.54, 1.807) is 10.6 Å². The van der Waals surface area contributed by atoms with E-state index in [0.29, 0.717) is 57.0 Å². The van der Waals surface area contributed by atoms with Gasteiger partial charge in [0.2, 0.25) is 0 Å². The van der Waals surface area contributed by atoms with Crippen LogP contribution in [0.4, 0.5) is 0 Å². The van der Waals surface area contributed by atoms with Crippen molar-refractivity contribution in [2.45, 2.75) is 31.5 Å². The number of amides is 1. The number of aromatic nitrogens is 1. The zero-order valence-corrected chi connectivity index (χ0v) is 21.4. The van der Waals surface area contributed by atoms with E-state index in [2.05, 4.69) is 24.2 Å². The molecule has 1 amide bonds. The highest BCUT2D eigenvalue weighted by Gasteiger charge is 2.29. The summed E-state index contributed by atoms with van der Waals surface area (Å²) in [6.45, 7) is 3.26. The molecule has 2 aromatic carbocycles. The lowest BCUT2D eigenvalue weighted by molar-refractivity contribution is -0.138. The Morgan fingerprint density at radius 3 is 2.81 bits per heavy atom. The summed E-state index contributed by atoms with van der Waals surface area (Å²) >= 11 is 4.34. The Morgan fingerprint density at radius 1 is 1.27 bits per heavy atom. The van der Waals surface area contributed by atoms with Crippen molar-refractivity contribution in [1.29, 1.82) is 5.26 Å². The maximum atomic E-state index is 12.8. The minimum absolute atomic E-state index is 0.325. The molecule has 2 heterocycles. The molecular formula is C26H31N5O5S. The van der Waals surface area contributed by atoms with Crippen LogP contribution in [0.2, 0.25) is 0 Å². The van der Waals surface area contributed by atoms with Gasteiger partial charge in [0.15, 0.2) is 5.58 Å². The van der Waals surface area contributed by atoms with Crippen LogP contribution in [0.5, 0.6) is 0 Å². The lowest BCUT2D eigenvalue weighted by atomic mass is 10.0. The van der Waals surface area contributed by atoms with Crippen molar-refractivity contribution in [2.24, 2.45) is 5.73 Å². The summed E-state index contributed by atoms with van der Waals surface area (Å²) in [6, 6.07) is 14.7. The summed E-state index contributed by atoms with van der Waals surface area (Å²) in [5, 5.41) is 12.9. The molecule has 196 valence electrons. The first-order chi connectivity index (χ1) is 18.0. The lowest BCUT2D eigenvalue weighted by Crippen LogP contribution is -2.44. The molecule has 0 bridgehead atoms. The number of nitriles is 1. The average Bonchev–Trinajstić information content (AvgIpc) is 3.07. The van der Waals surface area contributed by atoms with Crippen LogP contribution in [0, 0.1) is 11.3 Å². The van der Waals surface area contributed by atoms with Crippen molar-refractivity contribution < 1.29 is 18.7 Å². The molecule has 37 heavy (non-hydrogen) atoms. The predicted molar refractivity (Wildman–Crippen MR) is 142 cm³/mol. The van der Waals surface area contributed by atoms with E-state index in [1.807, 2.05) is 36.4 Å². The van der Waals surface area contributed by atoms with Gasteiger partial charge in [-0.1, -0.05) is 43.1 Å². The number of rotatable bonds is 10. The van der Waals surface area contributed by atoms with Gasteiger partial charge in [-0.05, 0) is 41.8 Å². The van der Waals surface area contributed by atoms with Crippen molar-refractivity contribution in [3.05, 3.63) is 58.6 Å². The highest BCUT2D eigenvalue weighted by atomic mass is 32.1. The normalized spacial score (nSPS) is 16.7. The number of carbonyl (C=O) groups excluding carboxylic acids is 1. The number of carbonyl (C=O) groups is 1. The van der Waals surface area contributed by atoms with Gasteiger partial charge in [0.05, 0.1) is 31.3 Å². The van der Waals surface area contributed by atoms with Crippen molar-refractivity contribution >= 4 is 29.8 Å². The van der Waals surface area contributed by atoms with Crippen LogP contribution in [-0.2, 0) is 27.2 Å². The lowest BCUT2D eigenvalue weighted by Gasteiger charge is -2.25.